The summed E-state index contributed by atoms with van der Waals surface area (Å²) in [7, 11) is 0. The van der Waals surface area contributed by atoms with Crippen molar-refractivity contribution < 1.29 is 0 Å². The average molecular weight is 367 g/mol. The lowest BCUT2D eigenvalue weighted by molar-refractivity contribution is 0.348. The van der Waals surface area contributed by atoms with Crippen LogP contribution < -0.4 is 0 Å². The number of fused-ring (bicyclic) bond motifs is 4. The SMILES string of the molecule is CC1(C)Cc2nc3cc(Cl)ccc3c3c2c(nc2cc(Cl)ccc23)C1. The maximum Gasteiger partial charge on any atom is 0.0726 e. The van der Waals surface area contributed by atoms with Crippen molar-refractivity contribution >= 4 is 55.8 Å². The second kappa shape index (κ2) is 5.06. The summed E-state index contributed by atoms with van der Waals surface area (Å²) in [5.41, 5.74) is 4.28. The molecule has 0 spiro atoms. The number of hydrogen-bond donors (Lipinski definition) is 0. The van der Waals surface area contributed by atoms with Crippen LogP contribution in [0.5, 0.6) is 0 Å². The van der Waals surface area contributed by atoms with Crippen molar-refractivity contribution in [2.75, 3.05) is 0 Å². The average Bonchev–Trinajstić information content (AvgIpc) is 2.52. The number of rotatable bonds is 0. The molecule has 4 aromatic rings. The van der Waals surface area contributed by atoms with E-state index >= 15 is 0 Å². The Balaban J connectivity index is 2.07. The smallest absolute Gasteiger partial charge is 0.0726 e. The summed E-state index contributed by atoms with van der Waals surface area (Å²) in [6.07, 6.45) is 1.89. The fourth-order valence-corrected chi connectivity index (χ4v) is 4.45. The van der Waals surface area contributed by atoms with Crippen LogP contribution in [0.15, 0.2) is 36.4 Å². The van der Waals surface area contributed by atoms with Gasteiger partial charge in [0.25, 0.3) is 0 Å². The standard InChI is InChI=1S/C21H16Cl2N2/c1-21(2)9-17-20-18(10-21)25-16-8-12(23)4-6-14(16)19(20)13-5-3-11(22)7-15(13)24-17/h3-8H,9-10H2,1-2H3. The lowest BCUT2D eigenvalue weighted by atomic mass is 9.76. The molecule has 0 N–H and O–H groups in total. The van der Waals surface area contributed by atoms with Crippen molar-refractivity contribution in [3.05, 3.63) is 57.8 Å². The minimum Gasteiger partial charge on any atom is -0.252 e. The lowest BCUT2D eigenvalue weighted by Crippen LogP contribution is -2.24. The van der Waals surface area contributed by atoms with Gasteiger partial charge in [-0.25, -0.2) is 0 Å². The summed E-state index contributed by atoms with van der Waals surface area (Å²) >= 11 is 12.5. The highest BCUT2D eigenvalue weighted by Crippen LogP contribution is 2.42. The highest BCUT2D eigenvalue weighted by atomic mass is 35.5. The molecule has 4 heteroatoms. The van der Waals surface area contributed by atoms with E-state index in [2.05, 4.69) is 26.0 Å². The van der Waals surface area contributed by atoms with Gasteiger partial charge in [0.1, 0.15) is 0 Å². The molecule has 2 aromatic heterocycles. The Morgan fingerprint density at radius 1 is 0.760 bits per heavy atom. The van der Waals surface area contributed by atoms with Crippen LogP contribution in [-0.4, -0.2) is 9.97 Å². The first-order chi connectivity index (χ1) is 11.9. The third kappa shape index (κ3) is 2.32. The molecule has 0 bridgehead atoms. The fraction of sp³-hybridized carbons (Fsp3) is 0.238. The topological polar surface area (TPSA) is 25.8 Å². The Hall–Kier alpha value is -1.90. The summed E-state index contributed by atoms with van der Waals surface area (Å²) in [5, 5.41) is 6.11. The molecule has 1 aliphatic rings. The zero-order valence-electron chi connectivity index (χ0n) is 14.0. The van der Waals surface area contributed by atoms with Crippen molar-refractivity contribution in [1.29, 1.82) is 0 Å². The van der Waals surface area contributed by atoms with Crippen LogP contribution >= 0.6 is 23.2 Å². The second-order valence-corrected chi connectivity index (χ2v) is 8.58. The Kier molecular flexibility index (Phi) is 3.11. The molecule has 2 nitrogen and oxygen atoms in total. The zero-order chi connectivity index (χ0) is 17.3. The molecule has 5 rings (SSSR count). The molecule has 2 heterocycles. The zero-order valence-corrected chi connectivity index (χ0v) is 15.5. The Morgan fingerprint density at radius 2 is 1.24 bits per heavy atom. The van der Waals surface area contributed by atoms with Gasteiger partial charge in [-0.2, -0.15) is 0 Å². The Morgan fingerprint density at radius 3 is 1.72 bits per heavy atom. The molecule has 0 radical (unpaired) electrons. The summed E-state index contributed by atoms with van der Waals surface area (Å²) in [5.74, 6) is 0. The molecule has 0 saturated carbocycles. The van der Waals surface area contributed by atoms with Gasteiger partial charge >= 0.3 is 0 Å². The van der Waals surface area contributed by atoms with Crippen LogP contribution in [0.2, 0.25) is 10.0 Å². The first kappa shape index (κ1) is 15.4. The summed E-state index contributed by atoms with van der Waals surface area (Å²) in [6, 6.07) is 11.9. The third-order valence-corrected chi connectivity index (χ3v) is 5.56. The quantitative estimate of drug-likeness (QED) is 0.338. The van der Waals surface area contributed by atoms with E-state index in [-0.39, 0.29) is 5.41 Å². The molecular formula is C21H16Cl2N2. The van der Waals surface area contributed by atoms with Crippen LogP contribution in [0.3, 0.4) is 0 Å². The van der Waals surface area contributed by atoms with Gasteiger partial charge in [0.15, 0.2) is 0 Å². The van der Waals surface area contributed by atoms with Gasteiger partial charge in [-0.3, -0.25) is 9.97 Å². The van der Waals surface area contributed by atoms with Crippen molar-refractivity contribution in [3.8, 4) is 0 Å². The molecule has 0 amide bonds. The maximum absolute atomic E-state index is 6.24. The molecule has 124 valence electrons. The normalized spacial score (nSPS) is 16.0. The molecule has 1 aliphatic carbocycles. The van der Waals surface area contributed by atoms with Crippen molar-refractivity contribution in [3.63, 3.8) is 0 Å². The molecular weight excluding hydrogens is 351 g/mol. The van der Waals surface area contributed by atoms with Crippen molar-refractivity contribution in [1.82, 2.24) is 9.97 Å². The Labute approximate surface area is 155 Å². The first-order valence-corrected chi connectivity index (χ1v) is 9.17. The van der Waals surface area contributed by atoms with E-state index in [1.807, 2.05) is 24.3 Å². The van der Waals surface area contributed by atoms with E-state index in [0.29, 0.717) is 10.0 Å². The lowest BCUT2D eigenvalue weighted by Gasteiger charge is -2.31. The van der Waals surface area contributed by atoms with Gasteiger partial charge < -0.3 is 0 Å². The van der Waals surface area contributed by atoms with Gasteiger partial charge in [0.05, 0.1) is 22.4 Å². The molecule has 25 heavy (non-hydrogen) atoms. The van der Waals surface area contributed by atoms with E-state index in [1.54, 1.807) is 0 Å². The third-order valence-electron chi connectivity index (χ3n) is 5.09. The van der Waals surface area contributed by atoms with E-state index < -0.39 is 0 Å². The van der Waals surface area contributed by atoms with E-state index in [9.17, 15) is 0 Å². The highest BCUT2D eigenvalue weighted by Gasteiger charge is 2.30. The van der Waals surface area contributed by atoms with Gasteiger partial charge in [-0.15, -0.1) is 0 Å². The van der Waals surface area contributed by atoms with Crippen LogP contribution in [-0.2, 0) is 12.8 Å². The Bertz CT molecular complexity index is 1110. The molecule has 0 unspecified atom stereocenters. The highest BCUT2D eigenvalue weighted by molar-refractivity contribution is 6.33. The molecule has 0 saturated heterocycles. The van der Waals surface area contributed by atoms with E-state index in [0.717, 1.165) is 46.0 Å². The summed E-state index contributed by atoms with van der Waals surface area (Å²) < 4.78 is 0. The molecule has 0 atom stereocenters. The predicted molar refractivity (Wildman–Crippen MR) is 106 cm³/mol. The predicted octanol–water partition coefficient (Wildman–Crippen LogP) is 6.37. The van der Waals surface area contributed by atoms with Crippen LogP contribution in [0.25, 0.3) is 32.6 Å². The van der Waals surface area contributed by atoms with E-state index in [1.165, 1.54) is 10.8 Å². The van der Waals surface area contributed by atoms with Crippen molar-refractivity contribution in [2.45, 2.75) is 26.7 Å². The van der Waals surface area contributed by atoms with Crippen LogP contribution in [0, 0.1) is 5.41 Å². The number of halogens is 2. The minimum atomic E-state index is 0.137. The molecule has 0 aliphatic heterocycles. The second-order valence-electron chi connectivity index (χ2n) is 7.71. The number of pyridine rings is 2. The van der Waals surface area contributed by atoms with Crippen LogP contribution in [0.1, 0.15) is 25.2 Å². The number of benzene rings is 2. The molecule has 2 aromatic carbocycles. The van der Waals surface area contributed by atoms with Crippen molar-refractivity contribution in [2.24, 2.45) is 5.41 Å². The van der Waals surface area contributed by atoms with Gasteiger partial charge in [-0.1, -0.05) is 49.2 Å². The summed E-state index contributed by atoms with van der Waals surface area (Å²) in [6.45, 7) is 4.55. The van der Waals surface area contributed by atoms with Gasteiger partial charge in [0.2, 0.25) is 0 Å². The van der Waals surface area contributed by atoms with Crippen LogP contribution in [0.4, 0.5) is 0 Å². The number of nitrogens with zero attached hydrogens (tertiary/aromatic N) is 2. The monoisotopic (exact) mass is 366 g/mol. The minimum absolute atomic E-state index is 0.137. The molecule has 0 fully saturated rings. The van der Waals surface area contributed by atoms with Gasteiger partial charge in [0, 0.05) is 31.6 Å². The fourth-order valence-electron chi connectivity index (χ4n) is 4.11. The first-order valence-electron chi connectivity index (χ1n) is 8.41. The summed E-state index contributed by atoms with van der Waals surface area (Å²) in [4.78, 5) is 9.93. The van der Waals surface area contributed by atoms with Gasteiger partial charge in [-0.05, 0) is 42.5 Å². The maximum atomic E-state index is 6.24. The largest absolute Gasteiger partial charge is 0.252 e. The number of aromatic nitrogens is 2. The number of hydrogen-bond acceptors (Lipinski definition) is 2. The van der Waals surface area contributed by atoms with E-state index in [4.69, 9.17) is 33.2 Å².